The summed E-state index contributed by atoms with van der Waals surface area (Å²) in [6, 6.07) is 8.32. The van der Waals surface area contributed by atoms with Gasteiger partial charge in [-0.05, 0) is 25.0 Å². The molecule has 2 atom stereocenters. The molecule has 5 heteroatoms. The molecule has 1 amide bonds. The number of fused-ring (bicyclic) bond motifs is 1. The van der Waals surface area contributed by atoms with E-state index in [9.17, 15) is 4.79 Å². The molecular formula is C17H21N3O2. The van der Waals surface area contributed by atoms with Crippen LogP contribution in [0.5, 0.6) is 0 Å². The SMILES string of the molecule is COC(=O)N1C[C@H](c2cnn(C)c2C)c2ccccc2[C@@H]1C. The quantitative estimate of drug-likeness (QED) is 0.813. The predicted octanol–water partition coefficient (Wildman–Crippen LogP) is 3.00. The van der Waals surface area contributed by atoms with Crippen molar-refractivity contribution >= 4 is 6.09 Å². The van der Waals surface area contributed by atoms with Gasteiger partial charge in [0, 0.05) is 30.8 Å². The first kappa shape index (κ1) is 14.6. The van der Waals surface area contributed by atoms with Gasteiger partial charge in [0.2, 0.25) is 0 Å². The van der Waals surface area contributed by atoms with Crippen molar-refractivity contribution in [1.82, 2.24) is 14.7 Å². The molecule has 5 nitrogen and oxygen atoms in total. The highest BCUT2D eigenvalue weighted by Crippen LogP contribution is 2.40. The maximum absolute atomic E-state index is 12.1. The van der Waals surface area contributed by atoms with E-state index >= 15 is 0 Å². The van der Waals surface area contributed by atoms with Crippen LogP contribution in [0.4, 0.5) is 4.79 Å². The number of benzene rings is 1. The van der Waals surface area contributed by atoms with Crippen LogP contribution >= 0.6 is 0 Å². The number of aromatic nitrogens is 2. The lowest BCUT2D eigenvalue weighted by Crippen LogP contribution is -2.41. The molecule has 0 aliphatic carbocycles. The van der Waals surface area contributed by atoms with Gasteiger partial charge in [0.1, 0.15) is 0 Å². The standard InChI is InChI=1S/C17H21N3O2/c1-11-15(9-18-19(11)3)16-10-20(17(21)22-4)12(2)13-7-5-6-8-14(13)16/h5-9,12,16H,10H2,1-4H3/t12-,16-/m0/s1. The summed E-state index contributed by atoms with van der Waals surface area (Å²) in [6.45, 7) is 4.71. The highest BCUT2D eigenvalue weighted by Gasteiger charge is 2.35. The average Bonchev–Trinajstić information content (AvgIpc) is 2.87. The fourth-order valence-electron chi connectivity index (χ4n) is 3.30. The van der Waals surface area contributed by atoms with E-state index in [0.717, 1.165) is 11.3 Å². The van der Waals surface area contributed by atoms with Gasteiger partial charge in [-0.1, -0.05) is 24.3 Å². The lowest BCUT2D eigenvalue weighted by molar-refractivity contribution is 0.102. The molecular weight excluding hydrogens is 278 g/mol. The zero-order valence-corrected chi connectivity index (χ0v) is 13.4. The average molecular weight is 299 g/mol. The van der Waals surface area contributed by atoms with Gasteiger partial charge >= 0.3 is 6.09 Å². The second kappa shape index (κ2) is 5.48. The zero-order chi connectivity index (χ0) is 15.9. The Balaban J connectivity index is 2.11. The Morgan fingerprint density at radius 3 is 2.55 bits per heavy atom. The first-order valence-electron chi connectivity index (χ1n) is 7.46. The molecule has 0 unspecified atom stereocenters. The Morgan fingerprint density at radius 1 is 1.27 bits per heavy atom. The number of ether oxygens (including phenoxy) is 1. The van der Waals surface area contributed by atoms with Crippen LogP contribution in [-0.2, 0) is 11.8 Å². The molecule has 0 fully saturated rings. The number of rotatable bonds is 1. The summed E-state index contributed by atoms with van der Waals surface area (Å²) >= 11 is 0. The van der Waals surface area contributed by atoms with E-state index in [1.807, 2.05) is 30.9 Å². The second-order valence-corrected chi connectivity index (χ2v) is 5.79. The molecule has 1 aromatic carbocycles. The summed E-state index contributed by atoms with van der Waals surface area (Å²) in [6.07, 6.45) is 1.62. The van der Waals surface area contributed by atoms with Crippen LogP contribution in [-0.4, -0.2) is 34.4 Å². The summed E-state index contributed by atoms with van der Waals surface area (Å²) in [7, 11) is 3.37. The van der Waals surface area contributed by atoms with Crippen LogP contribution in [0.15, 0.2) is 30.5 Å². The summed E-state index contributed by atoms with van der Waals surface area (Å²) in [5.74, 6) is 0.125. The molecule has 1 aliphatic rings. The molecule has 116 valence electrons. The van der Waals surface area contributed by atoms with E-state index in [1.165, 1.54) is 18.2 Å². The van der Waals surface area contributed by atoms with Crippen molar-refractivity contribution < 1.29 is 9.53 Å². The molecule has 0 bridgehead atoms. The minimum atomic E-state index is -0.284. The Labute approximate surface area is 130 Å². The molecule has 0 saturated carbocycles. The molecule has 2 heterocycles. The van der Waals surface area contributed by atoms with Crippen molar-refractivity contribution in [3.05, 3.63) is 52.8 Å². The Bertz CT molecular complexity index is 708. The number of nitrogens with zero attached hydrogens (tertiary/aromatic N) is 3. The van der Waals surface area contributed by atoms with Gasteiger partial charge in [0.15, 0.2) is 0 Å². The van der Waals surface area contributed by atoms with Crippen molar-refractivity contribution in [3.8, 4) is 0 Å². The highest BCUT2D eigenvalue weighted by molar-refractivity contribution is 5.69. The molecule has 22 heavy (non-hydrogen) atoms. The summed E-state index contributed by atoms with van der Waals surface area (Å²) in [5.41, 5.74) is 4.73. The third kappa shape index (κ3) is 2.17. The van der Waals surface area contributed by atoms with Gasteiger partial charge < -0.3 is 9.64 Å². The van der Waals surface area contributed by atoms with Crippen molar-refractivity contribution in [2.24, 2.45) is 7.05 Å². The number of carbonyl (C=O) groups excluding carboxylic acids is 1. The van der Waals surface area contributed by atoms with Crippen LogP contribution in [0.2, 0.25) is 0 Å². The van der Waals surface area contributed by atoms with Gasteiger partial charge in [0.05, 0.1) is 19.3 Å². The number of hydrogen-bond donors (Lipinski definition) is 0. The van der Waals surface area contributed by atoms with E-state index in [-0.39, 0.29) is 18.1 Å². The van der Waals surface area contributed by atoms with Gasteiger partial charge in [0.25, 0.3) is 0 Å². The van der Waals surface area contributed by atoms with E-state index in [4.69, 9.17) is 4.74 Å². The summed E-state index contributed by atoms with van der Waals surface area (Å²) in [4.78, 5) is 13.9. The topological polar surface area (TPSA) is 47.4 Å². The summed E-state index contributed by atoms with van der Waals surface area (Å²) in [5, 5.41) is 4.36. The number of aryl methyl sites for hydroxylation is 1. The van der Waals surface area contributed by atoms with E-state index in [0.29, 0.717) is 6.54 Å². The second-order valence-electron chi connectivity index (χ2n) is 5.79. The molecule has 0 saturated heterocycles. The van der Waals surface area contributed by atoms with Crippen molar-refractivity contribution in [3.63, 3.8) is 0 Å². The lowest BCUT2D eigenvalue weighted by atomic mass is 9.82. The maximum atomic E-state index is 12.1. The lowest BCUT2D eigenvalue weighted by Gasteiger charge is -2.38. The Kier molecular flexibility index (Phi) is 3.64. The third-order valence-corrected chi connectivity index (χ3v) is 4.73. The molecule has 2 aromatic rings. The first-order chi connectivity index (χ1) is 10.5. The van der Waals surface area contributed by atoms with Gasteiger partial charge in [-0.3, -0.25) is 4.68 Å². The largest absolute Gasteiger partial charge is 0.453 e. The van der Waals surface area contributed by atoms with Gasteiger partial charge in [-0.25, -0.2) is 4.79 Å². The van der Waals surface area contributed by atoms with E-state index in [1.54, 1.807) is 4.90 Å². The molecule has 1 aromatic heterocycles. The molecule has 1 aliphatic heterocycles. The van der Waals surface area contributed by atoms with E-state index in [2.05, 4.69) is 30.2 Å². The first-order valence-corrected chi connectivity index (χ1v) is 7.46. The number of amides is 1. The van der Waals surface area contributed by atoms with Crippen LogP contribution in [0.25, 0.3) is 0 Å². The smallest absolute Gasteiger partial charge is 0.410 e. The fourth-order valence-corrected chi connectivity index (χ4v) is 3.30. The number of carbonyl (C=O) groups is 1. The summed E-state index contributed by atoms with van der Waals surface area (Å²) < 4.78 is 6.83. The predicted molar refractivity (Wildman–Crippen MR) is 83.8 cm³/mol. The zero-order valence-electron chi connectivity index (χ0n) is 13.4. The molecule has 0 N–H and O–H groups in total. The van der Waals surface area contributed by atoms with Crippen molar-refractivity contribution in [1.29, 1.82) is 0 Å². The Hall–Kier alpha value is -2.30. The van der Waals surface area contributed by atoms with Gasteiger partial charge in [-0.2, -0.15) is 5.10 Å². The monoisotopic (exact) mass is 299 g/mol. The van der Waals surface area contributed by atoms with Crippen LogP contribution in [0, 0.1) is 6.92 Å². The Morgan fingerprint density at radius 2 is 1.95 bits per heavy atom. The van der Waals surface area contributed by atoms with Crippen LogP contribution < -0.4 is 0 Å². The molecule has 3 rings (SSSR count). The normalized spacial score (nSPS) is 20.6. The number of hydrogen-bond acceptors (Lipinski definition) is 3. The number of methoxy groups -OCH3 is 1. The van der Waals surface area contributed by atoms with Crippen LogP contribution in [0.1, 0.15) is 41.3 Å². The third-order valence-electron chi connectivity index (χ3n) is 4.73. The maximum Gasteiger partial charge on any atom is 0.410 e. The van der Waals surface area contributed by atoms with Crippen molar-refractivity contribution in [2.75, 3.05) is 13.7 Å². The van der Waals surface area contributed by atoms with Gasteiger partial charge in [-0.15, -0.1) is 0 Å². The van der Waals surface area contributed by atoms with E-state index < -0.39 is 0 Å². The minimum Gasteiger partial charge on any atom is -0.453 e. The van der Waals surface area contributed by atoms with Crippen LogP contribution in [0.3, 0.4) is 0 Å². The fraction of sp³-hybridized carbons (Fsp3) is 0.412. The minimum absolute atomic E-state index is 0.0110. The molecule has 0 radical (unpaired) electrons. The highest BCUT2D eigenvalue weighted by atomic mass is 16.5. The molecule has 0 spiro atoms. The van der Waals surface area contributed by atoms with Crippen molar-refractivity contribution in [2.45, 2.75) is 25.8 Å².